The Hall–Kier alpha value is -3.24. The van der Waals surface area contributed by atoms with Crippen LogP contribution in [-0.4, -0.2) is 20.0 Å². The molecule has 0 fully saturated rings. The molecule has 0 aliphatic carbocycles. The molecule has 0 radical (unpaired) electrons. The summed E-state index contributed by atoms with van der Waals surface area (Å²) in [5, 5.41) is 0.701. The molecule has 0 saturated heterocycles. The number of hydrogen-bond donors (Lipinski definition) is 0. The van der Waals surface area contributed by atoms with Crippen LogP contribution in [0.2, 0.25) is 5.02 Å². The lowest BCUT2D eigenvalue weighted by Crippen LogP contribution is -1.97. The fourth-order valence-corrected chi connectivity index (χ4v) is 2.81. The Morgan fingerprint density at radius 1 is 0.897 bits per heavy atom. The van der Waals surface area contributed by atoms with Gasteiger partial charge < -0.3 is 14.2 Å². The minimum Gasteiger partial charge on any atom is -0.493 e. The molecule has 0 aliphatic rings. The van der Waals surface area contributed by atoms with Gasteiger partial charge in [-0.05, 0) is 59.7 Å². The fourth-order valence-electron chi connectivity index (χ4n) is 2.68. The highest BCUT2D eigenvalue weighted by Crippen LogP contribution is 2.28. The van der Waals surface area contributed by atoms with Crippen LogP contribution in [0.4, 0.5) is 0 Å². The molecule has 0 heterocycles. The second-order valence-electron chi connectivity index (χ2n) is 6.25. The fraction of sp³-hybridized carbons (Fsp3) is 0.125. The lowest BCUT2D eigenvalue weighted by molar-refractivity contribution is 0.104. The molecule has 3 aromatic carbocycles. The molecule has 0 amide bonds. The van der Waals surface area contributed by atoms with Crippen molar-refractivity contribution in [1.82, 2.24) is 0 Å². The van der Waals surface area contributed by atoms with Crippen LogP contribution in [0, 0.1) is 0 Å². The minimum atomic E-state index is -0.117. The van der Waals surface area contributed by atoms with Crippen LogP contribution in [0.15, 0.2) is 72.8 Å². The van der Waals surface area contributed by atoms with Crippen molar-refractivity contribution in [3.63, 3.8) is 0 Å². The van der Waals surface area contributed by atoms with Crippen LogP contribution in [-0.2, 0) is 6.61 Å². The summed E-state index contributed by atoms with van der Waals surface area (Å²) in [5.74, 6) is 1.74. The Bertz CT molecular complexity index is 992. The highest BCUT2D eigenvalue weighted by Gasteiger charge is 2.08. The van der Waals surface area contributed by atoms with E-state index in [4.69, 9.17) is 25.8 Å². The molecule has 0 aliphatic heterocycles. The van der Waals surface area contributed by atoms with Gasteiger partial charge >= 0.3 is 0 Å². The van der Waals surface area contributed by atoms with Gasteiger partial charge in [0.05, 0.1) is 14.2 Å². The van der Waals surface area contributed by atoms with Gasteiger partial charge in [0.25, 0.3) is 0 Å². The van der Waals surface area contributed by atoms with Crippen molar-refractivity contribution in [2.45, 2.75) is 6.61 Å². The quantitative estimate of drug-likeness (QED) is 0.347. The number of ether oxygens (including phenoxy) is 3. The van der Waals surface area contributed by atoms with Gasteiger partial charge in [-0.2, -0.15) is 0 Å². The van der Waals surface area contributed by atoms with E-state index in [1.807, 2.05) is 48.5 Å². The van der Waals surface area contributed by atoms with Crippen molar-refractivity contribution in [2.24, 2.45) is 0 Å². The molecular formula is C24H21ClO4. The summed E-state index contributed by atoms with van der Waals surface area (Å²) < 4.78 is 16.2. The number of rotatable bonds is 8. The van der Waals surface area contributed by atoms with Gasteiger partial charge in [0.2, 0.25) is 0 Å². The zero-order valence-corrected chi connectivity index (χ0v) is 17.0. The highest BCUT2D eigenvalue weighted by atomic mass is 35.5. The second-order valence-corrected chi connectivity index (χ2v) is 6.69. The highest BCUT2D eigenvalue weighted by molar-refractivity contribution is 6.30. The van der Waals surface area contributed by atoms with E-state index in [-0.39, 0.29) is 5.78 Å². The zero-order chi connectivity index (χ0) is 20.6. The summed E-state index contributed by atoms with van der Waals surface area (Å²) in [7, 11) is 3.10. The molecule has 0 unspecified atom stereocenters. The van der Waals surface area contributed by atoms with Gasteiger partial charge in [0.15, 0.2) is 17.3 Å². The molecular weight excluding hydrogens is 388 g/mol. The van der Waals surface area contributed by atoms with E-state index in [9.17, 15) is 4.79 Å². The Morgan fingerprint density at radius 3 is 2.24 bits per heavy atom. The molecule has 29 heavy (non-hydrogen) atoms. The largest absolute Gasteiger partial charge is 0.493 e. The Balaban J connectivity index is 1.60. The SMILES string of the molecule is COc1ccc(C(=O)/C=C/c2ccc(OCc3ccc(Cl)cc3)cc2)cc1OC. The molecule has 0 spiro atoms. The average molecular weight is 409 g/mol. The van der Waals surface area contributed by atoms with E-state index in [0.29, 0.717) is 28.7 Å². The molecule has 148 valence electrons. The predicted molar refractivity (Wildman–Crippen MR) is 115 cm³/mol. The smallest absolute Gasteiger partial charge is 0.185 e. The molecule has 0 saturated carbocycles. The van der Waals surface area contributed by atoms with Crippen LogP contribution in [0.1, 0.15) is 21.5 Å². The summed E-state index contributed by atoms with van der Waals surface area (Å²) in [5.41, 5.74) is 2.47. The molecule has 4 nitrogen and oxygen atoms in total. The molecule has 0 bridgehead atoms. The van der Waals surface area contributed by atoms with Gasteiger partial charge in [-0.15, -0.1) is 0 Å². The van der Waals surface area contributed by atoms with Crippen LogP contribution in [0.5, 0.6) is 17.2 Å². The van der Waals surface area contributed by atoms with Crippen LogP contribution in [0.3, 0.4) is 0 Å². The number of carbonyl (C=O) groups excluding carboxylic acids is 1. The number of hydrogen-bond acceptors (Lipinski definition) is 4. The normalized spacial score (nSPS) is 10.7. The van der Waals surface area contributed by atoms with Gasteiger partial charge in [-0.25, -0.2) is 0 Å². The number of benzene rings is 3. The second kappa shape index (κ2) is 9.80. The first-order valence-electron chi connectivity index (χ1n) is 9.01. The monoisotopic (exact) mass is 408 g/mol. The van der Waals surface area contributed by atoms with Gasteiger partial charge in [0.1, 0.15) is 12.4 Å². The third kappa shape index (κ3) is 5.62. The lowest BCUT2D eigenvalue weighted by Gasteiger charge is -2.08. The van der Waals surface area contributed by atoms with Crippen LogP contribution < -0.4 is 14.2 Å². The van der Waals surface area contributed by atoms with Crippen molar-refractivity contribution in [3.05, 3.63) is 94.5 Å². The molecule has 5 heteroatoms. The maximum absolute atomic E-state index is 12.4. The maximum Gasteiger partial charge on any atom is 0.185 e. The van der Waals surface area contributed by atoms with Crippen molar-refractivity contribution >= 4 is 23.5 Å². The Morgan fingerprint density at radius 2 is 1.59 bits per heavy atom. The lowest BCUT2D eigenvalue weighted by atomic mass is 10.1. The van der Waals surface area contributed by atoms with E-state index in [1.165, 1.54) is 6.08 Å². The maximum atomic E-state index is 12.4. The molecule has 0 aromatic heterocycles. The van der Waals surface area contributed by atoms with E-state index >= 15 is 0 Å². The number of halogens is 1. The first-order chi connectivity index (χ1) is 14.1. The first kappa shape index (κ1) is 20.5. The van der Waals surface area contributed by atoms with Crippen molar-refractivity contribution < 1.29 is 19.0 Å². The van der Waals surface area contributed by atoms with Gasteiger partial charge in [0, 0.05) is 10.6 Å². The van der Waals surface area contributed by atoms with Crippen molar-refractivity contribution in [1.29, 1.82) is 0 Å². The Labute approximate surface area is 175 Å². The summed E-state index contributed by atoms with van der Waals surface area (Å²) in [6.07, 6.45) is 3.30. The molecule has 0 atom stereocenters. The number of carbonyl (C=O) groups is 1. The standard InChI is InChI=1S/C24H21ClO4/c1-27-23-14-8-19(15-24(23)28-2)22(26)13-7-17-5-11-21(12-6-17)29-16-18-3-9-20(25)10-4-18/h3-15H,16H2,1-2H3/b13-7+. The van der Waals surface area contributed by atoms with E-state index in [1.54, 1.807) is 38.5 Å². The molecule has 0 N–H and O–H groups in total. The third-order valence-corrected chi connectivity index (χ3v) is 4.55. The van der Waals surface area contributed by atoms with Crippen LogP contribution >= 0.6 is 11.6 Å². The molecule has 3 aromatic rings. The predicted octanol–water partition coefficient (Wildman–Crippen LogP) is 5.83. The van der Waals surface area contributed by atoms with Gasteiger partial charge in [-0.3, -0.25) is 4.79 Å². The van der Waals surface area contributed by atoms with E-state index in [2.05, 4.69) is 0 Å². The summed E-state index contributed by atoms with van der Waals surface area (Å²) in [6, 6.07) is 20.2. The average Bonchev–Trinajstić information content (AvgIpc) is 2.77. The summed E-state index contributed by atoms with van der Waals surface area (Å²) in [4.78, 5) is 12.4. The zero-order valence-electron chi connectivity index (χ0n) is 16.2. The Kier molecular flexibility index (Phi) is 6.93. The first-order valence-corrected chi connectivity index (χ1v) is 9.38. The molecule has 3 rings (SSSR count). The van der Waals surface area contributed by atoms with E-state index < -0.39 is 0 Å². The number of methoxy groups -OCH3 is 2. The van der Waals surface area contributed by atoms with E-state index in [0.717, 1.165) is 16.9 Å². The number of ketones is 1. The minimum absolute atomic E-state index is 0.117. The third-order valence-electron chi connectivity index (χ3n) is 4.29. The van der Waals surface area contributed by atoms with Gasteiger partial charge in [-0.1, -0.05) is 41.9 Å². The van der Waals surface area contributed by atoms with Crippen molar-refractivity contribution in [2.75, 3.05) is 14.2 Å². The van der Waals surface area contributed by atoms with Crippen LogP contribution in [0.25, 0.3) is 6.08 Å². The summed E-state index contributed by atoms with van der Waals surface area (Å²) in [6.45, 7) is 0.462. The van der Waals surface area contributed by atoms with Crippen molar-refractivity contribution in [3.8, 4) is 17.2 Å². The number of allylic oxidation sites excluding steroid dienone is 1. The topological polar surface area (TPSA) is 44.8 Å². The summed E-state index contributed by atoms with van der Waals surface area (Å²) >= 11 is 5.88.